The number of hydrogen-bond donors (Lipinski definition) is 1. The molecule has 1 N–H and O–H groups in total. The van der Waals surface area contributed by atoms with Crippen molar-refractivity contribution in [3.8, 4) is 0 Å². The zero-order valence-electron chi connectivity index (χ0n) is 9.90. The van der Waals surface area contributed by atoms with Crippen LogP contribution >= 0.6 is 23.2 Å². The molecule has 18 heavy (non-hydrogen) atoms. The minimum absolute atomic E-state index is 0.374. The number of hydrogen-bond acceptors (Lipinski definition) is 2. The van der Waals surface area contributed by atoms with Crippen LogP contribution < -0.4 is 0 Å². The van der Waals surface area contributed by atoms with E-state index in [-0.39, 0.29) is 0 Å². The zero-order valence-corrected chi connectivity index (χ0v) is 11.4. The Kier molecular flexibility index (Phi) is 4.23. The van der Waals surface area contributed by atoms with Crippen molar-refractivity contribution in [1.82, 2.24) is 4.98 Å². The average molecular weight is 282 g/mol. The number of halogens is 2. The number of nitrogens with zero attached hydrogens (tertiary/aromatic N) is 1. The summed E-state index contributed by atoms with van der Waals surface area (Å²) >= 11 is 12.1. The van der Waals surface area contributed by atoms with Gasteiger partial charge in [0.1, 0.15) is 6.10 Å². The summed E-state index contributed by atoms with van der Waals surface area (Å²) < 4.78 is 0. The van der Waals surface area contributed by atoms with Gasteiger partial charge in [-0.3, -0.25) is 4.98 Å². The quantitative estimate of drug-likeness (QED) is 0.921. The minimum Gasteiger partial charge on any atom is -0.382 e. The molecule has 0 saturated carbocycles. The first-order chi connectivity index (χ1) is 8.65. The fourth-order valence-electron chi connectivity index (χ4n) is 1.87. The van der Waals surface area contributed by atoms with Crippen molar-refractivity contribution >= 4 is 23.2 Å². The van der Waals surface area contributed by atoms with Crippen LogP contribution in [0.15, 0.2) is 36.5 Å². The van der Waals surface area contributed by atoms with Gasteiger partial charge in [-0.25, -0.2) is 0 Å². The Labute approximate surface area is 116 Å². The molecule has 0 aliphatic rings. The summed E-state index contributed by atoms with van der Waals surface area (Å²) in [4.78, 5) is 4.24. The van der Waals surface area contributed by atoms with Crippen molar-refractivity contribution in [3.63, 3.8) is 0 Å². The molecule has 1 heterocycles. The second-order valence-electron chi connectivity index (χ2n) is 3.95. The van der Waals surface area contributed by atoms with Gasteiger partial charge < -0.3 is 5.11 Å². The van der Waals surface area contributed by atoms with E-state index in [1.165, 1.54) is 0 Å². The number of pyridine rings is 1. The molecule has 0 aliphatic carbocycles. The van der Waals surface area contributed by atoms with Gasteiger partial charge in [0, 0.05) is 11.8 Å². The lowest BCUT2D eigenvalue weighted by Crippen LogP contribution is -2.06. The summed E-state index contributed by atoms with van der Waals surface area (Å²) in [5.74, 6) is 0. The van der Waals surface area contributed by atoms with Gasteiger partial charge in [0.2, 0.25) is 0 Å². The van der Waals surface area contributed by atoms with Crippen LogP contribution in [0.4, 0.5) is 0 Å². The molecule has 1 aromatic heterocycles. The van der Waals surface area contributed by atoms with Gasteiger partial charge in [0.15, 0.2) is 0 Å². The molecule has 2 rings (SSSR count). The van der Waals surface area contributed by atoms with Crippen LogP contribution in [-0.4, -0.2) is 10.1 Å². The summed E-state index contributed by atoms with van der Waals surface area (Å²) in [5, 5.41) is 11.2. The molecule has 0 fully saturated rings. The van der Waals surface area contributed by atoms with E-state index in [1.54, 1.807) is 24.4 Å². The van der Waals surface area contributed by atoms with Crippen molar-refractivity contribution < 1.29 is 5.11 Å². The van der Waals surface area contributed by atoms with Crippen molar-refractivity contribution in [2.45, 2.75) is 19.4 Å². The van der Waals surface area contributed by atoms with Gasteiger partial charge in [-0.1, -0.05) is 48.3 Å². The second-order valence-corrected chi connectivity index (χ2v) is 4.73. The molecule has 2 nitrogen and oxygen atoms in total. The highest BCUT2D eigenvalue weighted by Gasteiger charge is 2.18. The fourth-order valence-corrected chi connectivity index (χ4v) is 2.29. The maximum absolute atomic E-state index is 10.4. The molecule has 1 aromatic carbocycles. The molecule has 1 unspecified atom stereocenters. The fraction of sp³-hybridized carbons (Fsp3) is 0.214. The van der Waals surface area contributed by atoms with Crippen LogP contribution in [0.25, 0.3) is 0 Å². The van der Waals surface area contributed by atoms with Gasteiger partial charge >= 0.3 is 0 Å². The Bertz CT molecular complexity index is 557. The van der Waals surface area contributed by atoms with E-state index in [1.807, 2.05) is 19.1 Å². The Morgan fingerprint density at radius 1 is 1.22 bits per heavy atom. The number of aliphatic hydroxyl groups is 1. The van der Waals surface area contributed by atoms with Crippen LogP contribution in [-0.2, 0) is 6.42 Å². The van der Waals surface area contributed by atoms with E-state index < -0.39 is 6.10 Å². The molecule has 0 amide bonds. The van der Waals surface area contributed by atoms with Gasteiger partial charge in [0.05, 0.1) is 15.7 Å². The predicted octanol–water partition coefficient (Wildman–Crippen LogP) is 4.03. The highest BCUT2D eigenvalue weighted by Crippen LogP contribution is 2.33. The third-order valence-electron chi connectivity index (χ3n) is 2.84. The predicted molar refractivity (Wildman–Crippen MR) is 74.1 cm³/mol. The molecular weight excluding hydrogens is 269 g/mol. The summed E-state index contributed by atoms with van der Waals surface area (Å²) in [7, 11) is 0. The highest BCUT2D eigenvalue weighted by atomic mass is 35.5. The second kappa shape index (κ2) is 5.70. The Morgan fingerprint density at radius 2 is 2.00 bits per heavy atom. The molecule has 0 bridgehead atoms. The standard InChI is InChI=1S/C14H13Cl2NO/c1-2-9-5-4-8-17-13(9)14(18)10-6-3-7-11(15)12(10)16/h3-8,14,18H,2H2,1H3. The maximum atomic E-state index is 10.4. The molecule has 4 heteroatoms. The molecule has 0 spiro atoms. The molecule has 1 atom stereocenters. The van der Waals surface area contributed by atoms with Gasteiger partial charge in [-0.05, 0) is 24.1 Å². The summed E-state index contributed by atoms with van der Waals surface area (Å²) in [5.41, 5.74) is 2.21. The third kappa shape index (κ3) is 2.51. The first kappa shape index (κ1) is 13.3. The third-order valence-corrected chi connectivity index (χ3v) is 3.68. The van der Waals surface area contributed by atoms with Crippen molar-refractivity contribution in [1.29, 1.82) is 0 Å². The summed E-state index contributed by atoms with van der Waals surface area (Å²) in [6, 6.07) is 9.02. The van der Waals surface area contributed by atoms with Crippen molar-refractivity contribution in [2.75, 3.05) is 0 Å². The van der Waals surface area contributed by atoms with Crippen LogP contribution in [0.1, 0.15) is 29.8 Å². The zero-order chi connectivity index (χ0) is 13.1. The smallest absolute Gasteiger partial charge is 0.123 e. The Hall–Kier alpha value is -1.09. The van der Waals surface area contributed by atoms with E-state index in [0.717, 1.165) is 12.0 Å². The molecule has 0 saturated heterocycles. The van der Waals surface area contributed by atoms with E-state index in [2.05, 4.69) is 4.98 Å². The minimum atomic E-state index is -0.854. The Morgan fingerprint density at radius 3 is 2.72 bits per heavy atom. The monoisotopic (exact) mass is 281 g/mol. The SMILES string of the molecule is CCc1cccnc1C(O)c1cccc(Cl)c1Cl. The van der Waals surface area contributed by atoms with E-state index in [0.29, 0.717) is 21.3 Å². The number of rotatable bonds is 3. The average Bonchev–Trinajstić information content (AvgIpc) is 2.41. The van der Waals surface area contributed by atoms with Crippen LogP contribution in [0.3, 0.4) is 0 Å². The Balaban J connectivity index is 2.48. The summed E-state index contributed by atoms with van der Waals surface area (Å²) in [6.45, 7) is 2.02. The van der Waals surface area contributed by atoms with Gasteiger partial charge in [0.25, 0.3) is 0 Å². The van der Waals surface area contributed by atoms with Crippen LogP contribution in [0.2, 0.25) is 10.0 Å². The van der Waals surface area contributed by atoms with E-state index >= 15 is 0 Å². The number of aromatic nitrogens is 1. The van der Waals surface area contributed by atoms with Crippen LogP contribution in [0, 0.1) is 0 Å². The van der Waals surface area contributed by atoms with Crippen molar-refractivity contribution in [3.05, 3.63) is 63.4 Å². The topological polar surface area (TPSA) is 33.1 Å². The van der Waals surface area contributed by atoms with E-state index in [4.69, 9.17) is 23.2 Å². The molecule has 94 valence electrons. The summed E-state index contributed by atoms with van der Waals surface area (Å²) in [6.07, 6.45) is 1.61. The first-order valence-electron chi connectivity index (χ1n) is 5.71. The highest BCUT2D eigenvalue weighted by molar-refractivity contribution is 6.42. The maximum Gasteiger partial charge on any atom is 0.123 e. The lowest BCUT2D eigenvalue weighted by molar-refractivity contribution is 0.214. The lowest BCUT2D eigenvalue weighted by Gasteiger charge is -2.15. The normalized spacial score (nSPS) is 12.4. The largest absolute Gasteiger partial charge is 0.382 e. The molecule has 0 aliphatic heterocycles. The number of benzene rings is 1. The van der Waals surface area contributed by atoms with Crippen molar-refractivity contribution in [2.24, 2.45) is 0 Å². The van der Waals surface area contributed by atoms with E-state index in [9.17, 15) is 5.11 Å². The molecular formula is C14H13Cl2NO. The first-order valence-corrected chi connectivity index (χ1v) is 6.46. The van der Waals surface area contributed by atoms with Gasteiger partial charge in [-0.2, -0.15) is 0 Å². The van der Waals surface area contributed by atoms with Gasteiger partial charge in [-0.15, -0.1) is 0 Å². The molecule has 2 aromatic rings. The molecule has 0 radical (unpaired) electrons. The number of aryl methyl sites for hydroxylation is 1. The lowest BCUT2D eigenvalue weighted by atomic mass is 10.0. The van der Waals surface area contributed by atoms with Crippen LogP contribution in [0.5, 0.6) is 0 Å². The number of aliphatic hydroxyl groups excluding tert-OH is 1.